The molecule has 0 saturated carbocycles. The van der Waals surface area contributed by atoms with Gasteiger partial charge in [0, 0.05) is 39.6 Å². The summed E-state index contributed by atoms with van der Waals surface area (Å²) < 4.78 is 12.7. The number of carbonyl (C=O) groups excluding carboxylic acids is 2. The molecule has 1 aliphatic heterocycles. The Kier molecular flexibility index (Phi) is 5.03. The minimum absolute atomic E-state index is 0.347. The first-order valence-electron chi connectivity index (χ1n) is 11.7. The molecule has 36 heavy (non-hydrogen) atoms. The lowest BCUT2D eigenvalue weighted by Gasteiger charge is -2.13. The Morgan fingerprint density at radius 2 is 1.86 bits per heavy atom. The molecule has 1 saturated heterocycles. The monoisotopic (exact) mass is 480 g/mol. The van der Waals surface area contributed by atoms with E-state index in [9.17, 15) is 9.59 Å². The van der Waals surface area contributed by atoms with Crippen LogP contribution in [0.4, 0.5) is 10.5 Å². The molecule has 1 aliphatic rings. The maximum Gasteiger partial charge on any atom is 0.414 e. The number of fused-ring (bicyclic) bond motifs is 3. The minimum atomic E-state index is -0.529. The van der Waals surface area contributed by atoms with Crippen molar-refractivity contribution in [2.75, 3.05) is 18.1 Å². The van der Waals surface area contributed by atoms with Crippen molar-refractivity contribution in [1.82, 2.24) is 9.72 Å². The Balaban J connectivity index is 1.68. The van der Waals surface area contributed by atoms with Crippen LogP contribution in [0.25, 0.3) is 32.9 Å². The Hall–Kier alpha value is -4.59. The number of aryl methyl sites for hydroxylation is 2. The highest BCUT2D eigenvalue weighted by Gasteiger charge is 2.26. The number of ether oxygens (including phenoxy) is 1. The number of hydrogen-bond acceptors (Lipinski definition) is 5. The first kappa shape index (κ1) is 21.9. The summed E-state index contributed by atoms with van der Waals surface area (Å²) in [6, 6.07) is 19.8. The molecule has 180 valence electrons. The summed E-state index contributed by atoms with van der Waals surface area (Å²) in [5.41, 5.74) is 12.4. The second kappa shape index (κ2) is 8.27. The number of cyclic esters (lactones) is 1. The minimum Gasteiger partial charge on any atom is -0.447 e. The van der Waals surface area contributed by atoms with Crippen molar-refractivity contribution in [2.24, 2.45) is 5.73 Å². The maximum atomic E-state index is 12.8. The number of benzene rings is 3. The lowest BCUT2D eigenvalue weighted by molar-refractivity contribution is 0.100. The van der Waals surface area contributed by atoms with Crippen LogP contribution in [-0.4, -0.2) is 34.9 Å². The largest absolute Gasteiger partial charge is 0.447 e. The highest BCUT2D eigenvalue weighted by atomic mass is 16.6. The topological polar surface area (TPSA) is 104 Å². The average Bonchev–Trinajstić information content (AvgIpc) is 3.54. The molecule has 0 radical (unpaired) electrons. The second-order valence-corrected chi connectivity index (χ2v) is 9.02. The van der Waals surface area contributed by atoms with Gasteiger partial charge < -0.3 is 19.6 Å². The van der Waals surface area contributed by atoms with Gasteiger partial charge in [-0.3, -0.25) is 9.69 Å². The second-order valence-electron chi connectivity index (χ2n) is 9.02. The van der Waals surface area contributed by atoms with Gasteiger partial charge in [0.2, 0.25) is 5.91 Å². The van der Waals surface area contributed by atoms with Crippen molar-refractivity contribution in [3.05, 3.63) is 83.2 Å². The molecule has 0 spiro atoms. The Morgan fingerprint density at radius 1 is 1.06 bits per heavy atom. The van der Waals surface area contributed by atoms with Crippen LogP contribution in [0.15, 0.2) is 65.2 Å². The Bertz CT molecular complexity index is 1650. The van der Waals surface area contributed by atoms with E-state index in [1.54, 1.807) is 11.0 Å². The fraction of sp³-hybridized carbons (Fsp3) is 0.179. The third-order valence-electron chi connectivity index (χ3n) is 6.79. The van der Waals surface area contributed by atoms with E-state index in [-0.39, 0.29) is 6.09 Å². The molecule has 8 nitrogen and oxygen atoms in total. The molecule has 3 heterocycles. The number of anilines is 1. The van der Waals surface area contributed by atoms with Gasteiger partial charge in [-0.2, -0.15) is 0 Å². The SMILES string of the molecule is Cc1noc(C)c1-c1cc(C(N)=O)c2c3cc(N4CCOC4=O)ccc3n(Cc3ccccc3)c2c1. The van der Waals surface area contributed by atoms with Gasteiger partial charge in [0.15, 0.2) is 0 Å². The van der Waals surface area contributed by atoms with E-state index in [0.29, 0.717) is 36.7 Å². The van der Waals surface area contributed by atoms with Crippen molar-refractivity contribution in [3.8, 4) is 11.1 Å². The molecule has 5 aromatic rings. The fourth-order valence-corrected chi connectivity index (χ4v) is 5.18. The van der Waals surface area contributed by atoms with Gasteiger partial charge in [-0.1, -0.05) is 35.5 Å². The molecule has 2 N–H and O–H groups in total. The van der Waals surface area contributed by atoms with E-state index in [1.807, 2.05) is 50.2 Å². The first-order valence-corrected chi connectivity index (χ1v) is 11.7. The molecule has 3 aromatic carbocycles. The predicted molar refractivity (Wildman–Crippen MR) is 137 cm³/mol. The predicted octanol–water partition coefficient (Wildman–Crippen LogP) is 5.17. The van der Waals surface area contributed by atoms with Gasteiger partial charge in [0.1, 0.15) is 12.4 Å². The van der Waals surface area contributed by atoms with E-state index in [4.69, 9.17) is 15.0 Å². The van der Waals surface area contributed by atoms with Crippen LogP contribution in [0.5, 0.6) is 0 Å². The van der Waals surface area contributed by atoms with Crippen LogP contribution in [0, 0.1) is 13.8 Å². The normalized spacial score (nSPS) is 13.6. The molecule has 0 bridgehead atoms. The molecule has 2 amide bonds. The number of nitrogens with two attached hydrogens (primary N) is 1. The smallest absolute Gasteiger partial charge is 0.414 e. The lowest BCUT2D eigenvalue weighted by Crippen LogP contribution is -2.23. The summed E-state index contributed by atoms with van der Waals surface area (Å²) in [5, 5.41) is 5.69. The number of rotatable bonds is 5. The van der Waals surface area contributed by atoms with Crippen molar-refractivity contribution < 1.29 is 18.8 Å². The lowest BCUT2D eigenvalue weighted by atomic mass is 9.97. The van der Waals surface area contributed by atoms with Gasteiger partial charge >= 0.3 is 6.09 Å². The standard InChI is InChI=1S/C28H24N4O4/c1-16-25(17(2)36-30-16)19-12-22(27(29)33)26-21-14-20(31-10-11-35-28(31)34)8-9-23(21)32(24(26)13-19)15-18-6-4-3-5-7-18/h3-9,12-14H,10-11,15H2,1-2H3,(H2,29,33). The number of nitrogens with zero attached hydrogens (tertiary/aromatic N) is 3. The van der Waals surface area contributed by atoms with E-state index in [0.717, 1.165) is 44.2 Å². The summed E-state index contributed by atoms with van der Waals surface area (Å²) in [4.78, 5) is 26.6. The molecule has 8 heteroatoms. The molecule has 2 aromatic heterocycles. The zero-order chi connectivity index (χ0) is 25.0. The van der Waals surface area contributed by atoms with Gasteiger partial charge in [-0.05, 0) is 55.3 Å². The fourth-order valence-electron chi connectivity index (χ4n) is 5.18. The Morgan fingerprint density at radius 3 is 2.53 bits per heavy atom. The Labute approximate surface area is 206 Å². The zero-order valence-electron chi connectivity index (χ0n) is 19.9. The number of hydrogen-bond donors (Lipinski definition) is 1. The maximum absolute atomic E-state index is 12.8. The number of amides is 2. The number of primary amides is 1. The summed E-state index contributed by atoms with van der Waals surface area (Å²) in [7, 11) is 0. The molecule has 6 rings (SSSR count). The van der Waals surface area contributed by atoms with Gasteiger partial charge in [0.25, 0.3) is 0 Å². The summed E-state index contributed by atoms with van der Waals surface area (Å²) >= 11 is 0. The van der Waals surface area contributed by atoms with Crippen LogP contribution >= 0.6 is 0 Å². The molecule has 0 aliphatic carbocycles. The first-order chi connectivity index (χ1) is 17.4. The summed E-state index contributed by atoms with van der Waals surface area (Å²) in [6.45, 7) is 5.15. The van der Waals surface area contributed by atoms with Gasteiger partial charge in [-0.15, -0.1) is 0 Å². The molecule has 0 atom stereocenters. The van der Waals surface area contributed by atoms with Crippen LogP contribution in [0.1, 0.15) is 27.4 Å². The third kappa shape index (κ3) is 3.41. The van der Waals surface area contributed by atoms with E-state index in [1.165, 1.54) is 0 Å². The third-order valence-corrected chi connectivity index (χ3v) is 6.79. The zero-order valence-corrected chi connectivity index (χ0v) is 19.9. The van der Waals surface area contributed by atoms with E-state index >= 15 is 0 Å². The van der Waals surface area contributed by atoms with E-state index < -0.39 is 5.91 Å². The van der Waals surface area contributed by atoms with Crippen molar-refractivity contribution >= 4 is 39.5 Å². The van der Waals surface area contributed by atoms with Gasteiger partial charge in [-0.25, -0.2) is 4.79 Å². The number of aromatic nitrogens is 2. The molecule has 1 fully saturated rings. The molecular weight excluding hydrogens is 456 g/mol. The quantitative estimate of drug-likeness (QED) is 0.374. The van der Waals surface area contributed by atoms with E-state index in [2.05, 4.69) is 27.9 Å². The average molecular weight is 481 g/mol. The van der Waals surface area contributed by atoms with Gasteiger partial charge in [0.05, 0.1) is 17.8 Å². The highest BCUT2D eigenvalue weighted by molar-refractivity contribution is 6.19. The summed E-state index contributed by atoms with van der Waals surface area (Å²) in [5.74, 6) is 0.140. The molecular formula is C28H24N4O4. The van der Waals surface area contributed by atoms with Crippen LogP contribution in [0.2, 0.25) is 0 Å². The highest BCUT2D eigenvalue weighted by Crippen LogP contribution is 2.39. The summed E-state index contributed by atoms with van der Waals surface area (Å²) in [6.07, 6.45) is -0.377. The van der Waals surface area contributed by atoms with Crippen molar-refractivity contribution in [1.29, 1.82) is 0 Å². The van der Waals surface area contributed by atoms with Crippen LogP contribution in [0.3, 0.4) is 0 Å². The van der Waals surface area contributed by atoms with Crippen LogP contribution in [-0.2, 0) is 11.3 Å². The van der Waals surface area contributed by atoms with Crippen molar-refractivity contribution in [2.45, 2.75) is 20.4 Å². The van der Waals surface area contributed by atoms with Crippen LogP contribution < -0.4 is 10.6 Å². The van der Waals surface area contributed by atoms with Crippen molar-refractivity contribution in [3.63, 3.8) is 0 Å². The number of carbonyl (C=O) groups is 2. The molecule has 0 unspecified atom stereocenters.